The third kappa shape index (κ3) is 2.40. The van der Waals surface area contributed by atoms with E-state index in [1.807, 2.05) is 6.07 Å². The summed E-state index contributed by atoms with van der Waals surface area (Å²) in [5.74, 6) is 0.811. The highest BCUT2D eigenvalue weighted by Gasteiger charge is 2.32. The molecule has 0 N–H and O–H groups in total. The number of fused-ring (bicyclic) bond motifs is 1. The van der Waals surface area contributed by atoms with Gasteiger partial charge in [-0.2, -0.15) is 5.26 Å². The van der Waals surface area contributed by atoms with Gasteiger partial charge in [0, 0.05) is 12.6 Å². The number of rotatable bonds is 1. The van der Waals surface area contributed by atoms with Crippen molar-refractivity contribution in [3.8, 4) is 6.07 Å². The van der Waals surface area contributed by atoms with Gasteiger partial charge in [-0.3, -0.25) is 4.90 Å². The number of hydrogen-bond acceptors (Lipinski definition) is 2. The Morgan fingerprint density at radius 3 is 2.74 bits per heavy atom. The van der Waals surface area contributed by atoms with Crippen LogP contribution in [0.15, 0.2) is 18.2 Å². The second kappa shape index (κ2) is 5.35. The van der Waals surface area contributed by atoms with Gasteiger partial charge in [-0.1, -0.05) is 25.3 Å². The molecule has 1 unspecified atom stereocenters. The molecule has 0 radical (unpaired) electrons. The maximum absolute atomic E-state index is 9.05. The summed E-state index contributed by atoms with van der Waals surface area (Å²) in [4.78, 5) is 2.53. The summed E-state index contributed by atoms with van der Waals surface area (Å²) >= 11 is 0. The fourth-order valence-electron chi connectivity index (χ4n) is 3.92. The van der Waals surface area contributed by atoms with E-state index in [1.54, 1.807) is 0 Å². The lowest BCUT2D eigenvalue weighted by molar-refractivity contribution is 0.134. The van der Waals surface area contributed by atoms with Crippen molar-refractivity contribution in [2.45, 2.75) is 44.6 Å². The van der Waals surface area contributed by atoms with Crippen LogP contribution in [-0.2, 0) is 6.42 Å². The van der Waals surface area contributed by atoms with E-state index in [-0.39, 0.29) is 0 Å². The molecule has 1 aromatic rings. The number of hydrogen-bond donors (Lipinski definition) is 0. The first-order valence-corrected chi connectivity index (χ1v) is 7.53. The average Bonchev–Trinajstić information content (AvgIpc) is 2.47. The summed E-state index contributed by atoms with van der Waals surface area (Å²) in [5.41, 5.74) is 3.71. The Morgan fingerprint density at radius 2 is 2.00 bits per heavy atom. The van der Waals surface area contributed by atoms with Crippen LogP contribution < -0.4 is 0 Å². The molecule has 2 aliphatic rings. The Morgan fingerprint density at radius 1 is 1.21 bits per heavy atom. The van der Waals surface area contributed by atoms with Crippen molar-refractivity contribution in [1.82, 2.24) is 4.90 Å². The molecule has 1 saturated carbocycles. The monoisotopic (exact) mass is 254 g/mol. The summed E-state index contributed by atoms with van der Waals surface area (Å²) in [6, 6.07) is 9.16. The zero-order valence-corrected chi connectivity index (χ0v) is 11.7. The van der Waals surface area contributed by atoms with Crippen LogP contribution >= 0.6 is 0 Å². The minimum atomic E-state index is 0.580. The molecule has 100 valence electrons. The zero-order valence-electron chi connectivity index (χ0n) is 11.7. The van der Waals surface area contributed by atoms with Gasteiger partial charge in [0.15, 0.2) is 0 Å². The first-order valence-electron chi connectivity index (χ1n) is 7.53. The molecule has 3 rings (SSSR count). The van der Waals surface area contributed by atoms with E-state index in [0.717, 1.165) is 24.4 Å². The summed E-state index contributed by atoms with van der Waals surface area (Å²) < 4.78 is 0. The standard InChI is InChI=1S/C17H22N2/c1-19-10-9-15-11-13(12-18)7-8-16(15)17(19)14-5-3-2-4-6-14/h7-8,11,14,17H,2-6,9-10H2,1H3. The third-order valence-electron chi connectivity index (χ3n) is 4.90. The highest BCUT2D eigenvalue weighted by molar-refractivity contribution is 5.41. The van der Waals surface area contributed by atoms with Crippen molar-refractivity contribution in [2.75, 3.05) is 13.6 Å². The predicted molar refractivity (Wildman–Crippen MR) is 76.8 cm³/mol. The van der Waals surface area contributed by atoms with Gasteiger partial charge in [0.2, 0.25) is 0 Å². The largest absolute Gasteiger partial charge is 0.299 e. The van der Waals surface area contributed by atoms with E-state index in [1.165, 1.54) is 43.2 Å². The molecule has 0 spiro atoms. The van der Waals surface area contributed by atoms with Gasteiger partial charge in [-0.15, -0.1) is 0 Å². The first kappa shape index (κ1) is 12.7. The van der Waals surface area contributed by atoms with Gasteiger partial charge in [0.1, 0.15) is 0 Å². The van der Waals surface area contributed by atoms with Crippen molar-refractivity contribution >= 4 is 0 Å². The Bertz CT molecular complexity index is 494. The van der Waals surface area contributed by atoms with Crippen LogP contribution in [0, 0.1) is 17.2 Å². The van der Waals surface area contributed by atoms with Gasteiger partial charge >= 0.3 is 0 Å². The molecule has 0 bridgehead atoms. The van der Waals surface area contributed by atoms with Crippen LogP contribution in [0.5, 0.6) is 0 Å². The SMILES string of the molecule is CN1CCc2cc(C#N)ccc2C1C1CCCCC1. The van der Waals surface area contributed by atoms with Crippen LogP contribution in [0.2, 0.25) is 0 Å². The van der Waals surface area contributed by atoms with Crippen molar-refractivity contribution < 1.29 is 0 Å². The maximum Gasteiger partial charge on any atom is 0.0991 e. The van der Waals surface area contributed by atoms with Crippen LogP contribution in [0.3, 0.4) is 0 Å². The van der Waals surface area contributed by atoms with Gasteiger partial charge in [-0.05, 0) is 55.5 Å². The Balaban J connectivity index is 1.94. The molecule has 0 aromatic heterocycles. The van der Waals surface area contributed by atoms with E-state index in [0.29, 0.717) is 6.04 Å². The van der Waals surface area contributed by atoms with Crippen molar-refractivity contribution in [3.63, 3.8) is 0 Å². The highest BCUT2D eigenvalue weighted by Crippen LogP contribution is 2.41. The van der Waals surface area contributed by atoms with Gasteiger partial charge in [-0.25, -0.2) is 0 Å². The molecule has 2 heteroatoms. The Hall–Kier alpha value is -1.33. The van der Waals surface area contributed by atoms with E-state index in [9.17, 15) is 0 Å². The fraction of sp³-hybridized carbons (Fsp3) is 0.588. The molecule has 19 heavy (non-hydrogen) atoms. The minimum Gasteiger partial charge on any atom is -0.299 e. The lowest BCUT2D eigenvalue weighted by Gasteiger charge is -2.41. The van der Waals surface area contributed by atoms with E-state index in [2.05, 4.69) is 30.1 Å². The zero-order chi connectivity index (χ0) is 13.2. The van der Waals surface area contributed by atoms with E-state index < -0.39 is 0 Å². The Kier molecular flexibility index (Phi) is 3.57. The van der Waals surface area contributed by atoms with Gasteiger partial charge in [0.25, 0.3) is 0 Å². The summed E-state index contributed by atoms with van der Waals surface area (Å²) in [6.07, 6.45) is 8.02. The first-order chi connectivity index (χ1) is 9.29. The smallest absolute Gasteiger partial charge is 0.0991 e. The van der Waals surface area contributed by atoms with Crippen molar-refractivity contribution in [2.24, 2.45) is 5.92 Å². The van der Waals surface area contributed by atoms with Gasteiger partial charge < -0.3 is 0 Å². The quantitative estimate of drug-likeness (QED) is 0.764. The van der Waals surface area contributed by atoms with E-state index >= 15 is 0 Å². The number of likely N-dealkylation sites (N-methyl/N-ethyl adjacent to an activating group) is 1. The lowest BCUT2D eigenvalue weighted by atomic mass is 9.77. The van der Waals surface area contributed by atoms with E-state index in [4.69, 9.17) is 5.26 Å². The second-order valence-corrected chi connectivity index (χ2v) is 6.10. The summed E-state index contributed by atoms with van der Waals surface area (Å²) in [5, 5.41) is 9.05. The average molecular weight is 254 g/mol. The number of benzene rings is 1. The molecule has 1 atom stereocenters. The molecular weight excluding hydrogens is 232 g/mol. The molecule has 1 aliphatic heterocycles. The van der Waals surface area contributed by atoms with Crippen LogP contribution in [0.1, 0.15) is 54.8 Å². The molecule has 1 aliphatic carbocycles. The van der Waals surface area contributed by atoms with Gasteiger partial charge in [0.05, 0.1) is 11.6 Å². The minimum absolute atomic E-state index is 0.580. The summed E-state index contributed by atoms with van der Waals surface area (Å²) in [6.45, 7) is 1.13. The number of nitrogens with zero attached hydrogens (tertiary/aromatic N) is 2. The topological polar surface area (TPSA) is 27.0 Å². The molecule has 0 amide bonds. The molecule has 1 heterocycles. The van der Waals surface area contributed by atoms with Crippen LogP contribution in [0.4, 0.5) is 0 Å². The lowest BCUT2D eigenvalue weighted by Crippen LogP contribution is -2.37. The van der Waals surface area contributed by atoms with Crippen LogP contribution in [0.25, 0.3) is 0 Å². The molecular formula is C17H22N2. The molecule has 2 nitrogen and oxygen atoms in total. The highest BCUT2D eigenvalue weighted by atomic mass is 15.1. The molecule has 0 saturated heterocycles. The van der Waals surface area contributed by atoms with Crippen molar-refractivity contribution in [1.29, 1.82) is 5.26 Å². The third-order valence-corrected chi connectivity index (χ3v) is 4.90. The number of nitriles is 1. The molecule has 1 fully saturated rings. The second-order valence-electron chi connectivity index (χ2n) is 6.10. The maximum atomic E-state index is 9.05. The summed E-state index contributed by atoms with van der Waals surface area (Å²) in [7, 11) is 2.26. The predicted octanol–water partition coefficient (Wildman–Crippen LogP) is 3.67. The Labute approximate surface area is 116 Å². The van der Waals surface area contributed by atoms with Crippen LogP contribution in [-0.4, -0.2) is 18.5 Å². The fourth-order valence-corrected chi connectivity index (χ4v) is 3.92. The molecule has 1 aromatic carbocycles. The van der Waals surface area contributed by atoms with Crippen molar-refractivity contribution in [3.05, 3.63) is 34.9 Å². The normalized spacial score (nSPS) is 24.7.